The van der Waals surface area contributed by atoms with Crippen LogP contribution in [0.15, 0.2) is 29.2 Å². The molecule has 1 fully saturated rings. The van der Waals surface area contributed by atoms with Gasteiger partial charge < -0.3 is 5.32 Å². The second-order valence-electron chi connectivity index (χ2n) is 6.48. The van der Waals surface area contributed by atoms with Crippen molar-refractivity contribution in [3.8, 4) is 0 Å². The number of sulfonamides is 1. The van der Waals surface area contributed by atoms with E-state index in [1.807, 2.05) is 19.1 Å². The first-order valence-corrected chi connectivity index (χ1v) is 10.3. The molecule has 138 valence electrons. The van der Waals surface area contributed by atoms with E-state index in [1.165, 1.54) is 5.56 Å². The molecule has 24 heavy (non-hydrogen) atoms. The number of nitrogens with one attached hydrogen (secondary N) is 1. The Bertz CT molecular complexity index is 584. The molecule has 0 bridgehead atoms. The number of hydrogen-bond acceptors (Lipinski definition) is 3. The van der Waals surface area contributed by atoms with Gasteiger partial charge in [0.15, 0.2) is 0 Å². The Morgan fingerprint density at radius 1 is 1.17 bits per heavy atom. The van der Waals surface area contributed by atoms with Gasteiger partial charge in [0.2, 0.25) is 10.0 Å². The van der Waals surface area contributed by atoms with Crippen LogP contribution in [-0.2, 0) is 10.0 Å². The minimum atomic E-state index is -3.41. The molecule has 6 heteroatoms. The summed E-state index contributed by atoms with van der Waals surface area (Å²) in [6.07, 6.45) is 3.69. The standard InChI is InChI=1S/C18H30N2O2S.ClH/c1-4-14-20(17-10-12-19-13-11-17)23(21,22)18-8-6-16(7-9-18)15(3)5-2;/h6-9,15,17,19H,4-5,10-14H2,1-3H3;1H. The molecule has 0 spiro atoms. The maximum Gasteiger partial charge on any atom is 0.243 e. The lowest BCUT2D eigenvalue weighted by molar-refractivity contribution is 0.262. The SMILES string of the molecule is CCCN(C1CCNCC1)S(=O)(=O)c1ccc(C(C)CC)cc1.Cl. The van der Waals surface area contributed by atoms with Crippen LogP contribution >= 0.6 is 12.4 Å². The molecule has 1 saturated heterocycles. The van der Waals surface area contributed by atoms with Crippen molar-refractivity contribution >= 4 is 22.4 Å². The lowest BCUT2D eigenvalue weighted by Crippen LogP contribution is -2.46. The summed E-state index contributed by atoms with van der Waals surface area (Å²) in [4.78, 5) is 0.427. The molecule has 1 aliphatic rings. The molecule has 0 aromatic heterocycles. The Balaban J connectivity index is 0.00000288. The van der Waals surface area contributed by atoms with Gasteiger partial charge in [-0.3, -0.25) is 0 Å². The molecule has 1 atom stereocenters. The molecule has 4 nitrogen and oxygen atoms in total. The summed E-state index contributed by atoms with van der Waals surface area (Å²) in [7, 11) is -3.41. The molecule has 1 unspecified atom stereocenters. The maximum absolute atomic E-state index is 13.1. The summed E-state index contributed by atoms with van der Waals surface area (Å²) in [6, 6.07) is 7.61. The average Bonchev–Trinajstić information content (AvgIpc) is 2.59. The molecule has 1 aromatic rings. The third-order valence-electron chi connectivity index (χ3n) is 4.83. The van der Waals surface area contributed by atoms with Crippen molar-refractivity contribution in [1.29, 1.82) is 0 Å². The smallest absolute Gasteiger partial charge is 0.243 e. The zero-order valence-electron chi connectivity index (χ0n) is 15.0. The fourth-order valence-electron chi connectivity index (χ4n) is 3.15. The van der Waals surface area contributed by atoms with Crippen molar-refractivity contribution < 1.29 is 8.42 Å². The quantitative estimate of drug-likeness (QED) is 0.790. The van der Waals surface area contributed by atoms with Crippen molar-refractivity contribution in [2.45, 2.75) is 63.3 Å². The zero-order chi connectivity index (χ0) is 16.9. The van der Waals surface area contributed by atoms with Crippen molar-refractivity contribution in [3.05, 3.63) is 29.8 Å². The molecule has 0 amide bonds. The van der Waals surface area contributed by atoms with Crippen LogP contribution in [0.2, 0.25) is 0 Å². The number of benzene rings is 1. The van der Waals surface area contributed by atoms with Gasteiger partial charge in [-0.05, 0) is 62.4 Å². The van der Waals surface area contributed by atoms with Gasteiger partial charge in [0.05, 0.1) is 4.90 Å². The van der Waals surface area contributed by atoms with Crippen molar-refractivity contribution in [1.82, 2.24) is 9.62 Å². The lowest BCUT2D eigenvalue weighted by Gasteiger charge is -2.33. The van der Waals surface area contributed by atoms with Gasteiger partial charge >= 0.3 is 0 Å². The summed E-state index contributed by atoms with van der Waals surface area (Å²) >= 11 is 0. The van der Waals surface area contributed by atoms with Crippen LogP contribution in [0.3, 0.4) is 0 Å². The molecular formula is C18H31ClN2O2S. The number of halogens is 1. The highest BCUT2D eigenvalue weighted by Crippen LogP contribution is 2.25. The lowest BCUT2D eigenvalue weighted by atomic mass is 9.99. The number of hydrogen-bond donors (Lipinski definition) is 1. The Kier molecular flexibility index (Phi) is 8.71. The summed E-state index contributed by atoms with van der Waals surface area (Å²) in [5, 5.41) is 3.31. The second-order valence-corrected chi connectivity index (χ2v) is 8.37. The van der Waals surface area contributed by atoms with Crippen molar-refractivity contribution in [2.75, 3.05) is 19.6 Å². The molecule has 0 saturated carbocycles. The molecule has 1 N–H and O–H groups in total. The van der Waals surface area contributed by atoms with E-state index in [-0.39, 0.29) is 18.4 Å². The first kappa shape index (κ1) is 21.4. The molecule has 0 radical (unpaired) electrons. The topological polar surface area (TPSA) is 49.4 Å². The molecule has 1 heterocycles. The van der Waals surface area contributed by atoms with E-state index in [1.54, 1.807) is 16.4 Å². The number of rotatable bonds is 7. The van der Waals surface area contributed by atoms with E-state index < -0.39 is 10.0 Å². The fraction of sp³-hybridized carbons (Fsp3) is 0.667. The number of nitrogens with zero attached hydrogens (tertiary/aromatic N) is 1. The highest BCUT2D eigenvalue weighted by molar-refractivity contribution is 7.89. The van der Waals surface area contributed by atoms with Gasteiger partial charge in [-0.2, -0.15) is 4.31 Å². The largest absolute Gasteiger partial charge is 0.317 e. The van der Waals surface area contributed by atoms with Crippen molar-refractivity contribution in [2.24, 2.45) is 0 Å². The number of piperidine rings is 1. The van der Waals surface area contributed by atoms with Crippen LogP contribution in [0, 0.1) is 0 Å². The van der Waals surface area contributed by atoms with Crippen LogP contribution in [0.5, 0.6) is 0 Å². The maximum atomic E-state index is 13.1. The van der Waals surface area contributed by atoms with E-state index in [0.29, 0.717) is 17.4 Å². The van der Waals surface area contributed by atoms with E-state index in [0.717, 1.165) is 38.8 Å². The third-order valence-corrected chi connectivity index (χ3v) is 6.79. The average molecular weight is 375 g/mol. The Labute approximate surface area is 153 Å². The van der Waals surface area contributed by atoms with Crippen LogP contribution < -0.4 is 5.32 Å². The summed E-state index contributed by atoms with van der Waals surface area (Å²) in [5.41, 5.74) is 1.20. The monoisotopic (exact) mass is 374 g/mol. The van der Waals surface area contributed by atoms with E-state index in [9.17, 15) is 8.42 Å². The Morgan fingerprint density at radius 2 is 1.75 bits per heavy atom. The zero-order valence-corrected chi connectivity index (χ0v) is 16.6. The van der Waals surface area contributed by atoms with Crippen LogP contribution in [0.25, 0.3) is 0 Å². The van der Waals surface area contributed by atoms with Gasteiger partial charge in [-0.25, -0.2) is 8.42 Å². The second kappa shape index (κ2) is 9.76. The van der Waals surface area contributed by atoms with Crippen LogP contribution in [-0.4, -0.2) is 38.4 Å². The normalized spacial score (nSPS) is 17.5. The Morgan fingerprint density at radius 3 is 2.25 bits per heavy atom. The molecule has 0 aliphatic carbocycles. The summed E-state index contributed by atoms with van der Waals surface area (Å²) in [5.74, 6) is 0.461. The Hall–Kier alpha value is -0.620. The van der Waals surface area contributed by atoms with Gasteiger partial charge in [-0.15, -0.1) is 12.4 Å². The highest BCUT2D eigenvalue weighted by Gasteiger charge is 2.31. The van der Waals surface area contributed by atoms with E-state index >= 15 is 0 Å². The predicted octanol–water partition coefficient (Wildman–Crippen LogP) is 3.77. The van der Waals surface area contributed by atoms with Crippen LogP contribution in [0.4, 0.5) is 0 Å². The van der Waals surface area contributed by atoms with Crippen LogP contribution in [0.1, 0.15) is 57.9 Å². The molecule has 1 aromatic carbocycles. The highest BCUT2D eigenvalue weighted by atomic mass is 35.5. The summed E-state index contributed by atoms with van der Waals surface area (Å²) in [6.45, 7) is 8.74. The fourth-order valence-corrected chi connectivity index (χ4v) is 4.93. The molecule has 2 rings (SSSR count). The molecular weight excluding hydrogens is 344 g/mol. The van der Waals surface area contributed by atoms with Gasteiger partial charge in [-0.1, -0.05) is 32.9 Å². The minimum absolute atomic E-state index is 0. The first-order valence-electron chi connectivity index (χ1n) is 8.83. The van der Waals surface area contributed by atoms with Gasteiger partial charge in [0, 0.05) is 12.6 Å². The third kappa shape index (κ3) is 4.94. The van der Waals surface area contributed by atoms with Crippen molar-refractivity contribution in [3.63, 3.8) is 0 Å². The van der Waals surface area contributed by atoms with E-state index in [2.05, 4.69) is 19.2 Å². The van der Waals surface area contributed by atoms with E-state index in [4.69, 9.17) is 0 Å². The predicted molar refractivity (Wildman–Crippen MR) is 102 cm³/mol. The van der Waals surface area contributed by atoms with Gasteiger partial charge in [0.25, 0.3) is 0 Å². The molecule has 1 aliphatic heterocycles. The van der Waals surface area contributed by atoms with Gasteiger partial charge in [0.1, 0.15) is 0 Å². The minimum Gasteiger partial charge on any atom is -0.317 e. The first-order chi connectivity index (χ1) is 11.0. The summed E-state index contributed by atoms with van der Waals surface area (Å²) < 4.78 is 27.9.